The van der Waals surface area contributed by atoms with E-state index in [-0.39, 0.29) is 17.3 Å². The molecule has 0 aliphatic carbocycles. The predicted octanol–water partition coefficient (Wildman–Crippen LogP) is 5.53. The quantitative estimate of drug-likeness (QED) is 0.301. The highest BCUT2D eigenvalue weighted by Crippen LogP contribution is 2.30. The number of benzene rings is 2. The molecule has 1 saturated heterocycles. The lowest BCUT2D eigenvalue weighted by Gasteiger charge is -2.32. The van der Waals surface area contributed by atoms with Gasteiger partial charge in [-0.05, 0) is 74.1 Å². The van der Waals surface area contributed by atoms with Gasteiger partial charge >= 0.3 is 6.18 Å². The van der Waals surface area contributed by atoms with Crippen LogP contribution in [0.1, 0.15) is 57.5 Å². The lowest BCUT2D eigenvalue weighted by Crippen LogP contribution is -2.39. The Morgan fingerprint density at radius 2 is 1.78 bits per heavy atom. The Kier molecular flexibility index (Phi) is 7.78. The summed E-state index contributed by atoms with van der Waals surface area (Å²) in [6, 6.07) is 8.10. The van der Waals surface area contributed by atoms with E-state index in [9.17, 15) is 22.8 Å². The highest BCUT2D eigenvalue weighted by molar-refractivity contribution is 6.01. The largest absolute Gasteiger partial charge is 0.416 e. The third kappa shape index (κ3) is 5.78. The Morgan fingerprint density at radius 1 is 1.08 bits per heavy atom. The van der Waals surface area contributed by atoms with Crippen LogP contribution in [0.25, 0.3) is 10.9 Å². The molecular weight excluding hydrogens is 471 g/mol. The molecule has 3 aromatic rings. The van der Waals surface area contributed by atoms with Crippen LogP contribution in [0.5, 0.6) is 0 Å². The number of ether oxygens (including phenoxy) is 1. The number of aryl methyl sites for hydroxylation is 1. The summed E-state index contributed by atoms with van der Waals surface area (Å²) in [6.45, 7) is 4.30. The van der Waals surface area contributed by atoms with Gasteiger partial charge in [0, 0.05) is 62.5 Å². The van der Waals surface area contributed by atoms with Gasteiger partial charge in [-0.1, -0.05) is 0 Å². The maximum atomic E-state index is 12.8. The maximum Gasteiger partial charge on any atom is 0.416 e. The predicted molar refractivity (Wildman–Crippen MR) is 130 cm³/mol. The molecule has 1 aliphatic heterocycles. The van der Waals surface area contributed by atoms with Crippen molar-refractivity contribution in [2.45, 2.75) is 45.3 Å². The molecule has 36 heavy (non-hydrogen) atoms. The minimum absolute atomic E-state index is 0.101. The van der Waals surface area contributed by atoms with Crippen molar-refractivity contribution < 1.29 is 27.5 Å². The van der Waals surface area contributed by atoms with Crippen LogP contribution >= 0.6 is 0 Å². The Bertz CT molecular complexity index is 1230. The number of aromatic nitrogens is 2. The molecule has 6 nitrogen and oxygen atoms in total. The molecule has 0 saturated carbocycles. The van der Waals surface area contributed by atoms with Crippen LogP contribution in [-0.2, 0) is 17.5 Å². The molecule has 4 rings (SSSR count). The number of carbonyl (C=O) groups excluding carboxylic acids is 2. The molecular formula is C27H30F3N3O3. The molecule has 1 aliphatic rings. The number of methoxy groups -OCH3 is 1. The number of hydrogen-bond donors (Lipinski definition) is 0. The van der Waals surface area contributed by atoms with E-state index in [0.717, 1.165) is 41.4 Å². The van der Waals surface area contributed by atoms with Gasteiger partial charge in [0.2, 0.25) is 0 Å². The van der Waals surface area contributed by atoms with Gasteiger partial charge in [-0.2, -0.15) is 18.3 Å². The summed E-state index contributed by atoms with van der Waals surface area (Å²) < 4.78 is 45.3. The number of rotatable bonds is 8. The zero-order valence-electron chi connectivity index (χ0n) is 20.5. The van der Waals surface area contributed by atoms with Crippen LogP contribution in [0.2, 0.25) is 0 Å². The van der Waals surface area contributed by atoms with E-state index in [1.54, 1.807) is 12.0 Å². The first-order valence-electron chi connectivity index (χ1n) is 12.1. The van der Waals surface area contributed by atoms with Crippen LogP contribution in [0.15, 0.2) is 42.6 Å². The van der Waals surface area contributed by atoms with Crippen LogP contribution < -0.4 is 0 Å². The average Bonchev–Trinajstić information content (AvgIpc) is 3.27. The molecule has 9 heteroatoms. The number of halogens is 3. The van der Waals surface area contributed by atoms with Crippen molar-refractivity contribution in [3.63, 3.8) is 0 Å². The van der Waals surface area contributed by atoms with Gasteiger partial charge in [-0.15, -0.1) is 0 Å². The first kappa shape index (κ1) is 25.9. The van der Waals surface area contributed by atoms with E-state index in [0.29, 0.717) is 50.6 Å². The second-order valence-electron chi connectivity index (χ2n) is 9.35. The zero-order valence-corrected chi connectivity index (χ0v) is 20.5. The van der Waals surface area contributed by atoms with Gasteiger partial charge in [0.25, 0.3) is 5.91 Å². The van der Waals surface area contributed by atoms with Crippen molar-refractivity contribution in [2.75, 3.05) is 26.8 Å². The smallest absolute Gasteiger partial charge is 0.385 e. The molecule has 0 radical (unpaired) electrons. The third-order valence-electron chi connectivity index (χ3n) is 6.87. The molecule has 192 valence electrons. The van der Waals surface area contributed by atoms with Crippen molar-refractivity contribution in [2.24, 2.45) is 5.92 Å². The molecule has 0 unspecified atom stereocenters. The van der Waals surface area contributed by atoms with Crippen molar-refractivity contribution in [1.29, 1.82) is 0 Å². The molecule has 0 atom stereocenters. The lowest BCUT2D eigenvalue weighted by molar-refractivity contribution is -0.137. The fourth-order valence-corrected chi connectivity index (χ4v) is 4.76. The minimum Gasteiger partial charge on any atom is -0.385 e. The second-order valence-corrected chi connectivity index (χ2v) is 9.35. The fourth-order valence-electron chi connectivity index (χ4n) is 4.76. The third-order valence-corrected chi connectivity index (χ3v) is 6.87. The molecule has 0 spiro atoms. The zero-order chi connectivity index (χ0) is 25.9. The average molecular weight is 502 g/mol. The van der Waals surface area contributed by atoms with Gasteiger partial charge in [0.15, 0.2) is 5.78 Å². The second kappa shape index (κ2) is 10.8. The summed E-state index contributed by atoms with van der Waals surface area (Å²) in [4.78, 5) is 27.0. The SMILES string of the molecule is COCCCC(=O)c1ccc2nn(CC3CCN(C(=O)c4ccc(C(F)(F)F)cc4)CC3)cc2c1C. The van der Waals surface area contributed by atoms with Crippen molar-refractivity contribution in [3.05, 3.63) is 64.8 Å². The van der Waals surface area contributed by atoms with Crippen molar-refractivity contribution in [3.8, 4) is 0 Å². The van der Waals surface area contributed by atoms with Gasteiger partial charge in [-0.3, -0.25) is 14.3 Å². The Morgan fingerprint density at radius 3 is 2.42 bits per heavy atom. The first-order chi connectivity index (χ1) is 17.2. The number of piperidine rings is 1. The van der Waals surface area contributed by atoms with Crippen LogP contribution in [-0.4, -0.2) is 53.2 Å². The number of ketones is 1. The Hall–Kier alpha value is -3.20. The van der Waals surface area contributed by atoms with E-state index >= 15 is 0 Å². The van der Waals surface area contributed by atoms with Gasteiger partial charge < -0.3 is 9.64 Å². The maximum absolute atomic E-state index is 12.8. The number of nitrogens with zero attached hydrogens (tertiary/aromatic N) is 3. The molecule has 1 amide bonds. The van der Waals surface area contributed by atoms with E-state index in [4.69, 9.17) is 4.74 Å². The van der Waals surface area contributed by atoms with E-state index < -0.39 is 11.7 Å². The monoisotopic (exact) mass is 501 g/mol. The van der Waals surface area contributed by atoms with Gasteiger partial charge in [0.05, 0.1) is 11.1 Å². The number of Topliss-reactive ketones (excluding diaryl/α,β-unsaturated/α-hetero) is 1. The number of alkyl halides is 3. The first-order valence-corrected chi connectivity index (χ1v) is 12.1. The molecule has 2 heterocycles. The van der Waals surface area contributed by atoms with Crippen LogP contribution in [0.4, 0.5) is 13.2 Å². The lowest BCUT2D eigenvalue weighted by atomic mass is 9.96. The summed E-state index contributed by atoms with van der Waals surface area (Å²) >= 11 is 0. The van der Waals surface area contributed by atoms with Gasteiger partial charge in [0.1, 0.15) is 0 Å². The number of carbonyl (C=O) groups is 2. The molecule has 0 bridgehead atoms. The van der Waals surface area contributed by atoms with Crippen molar-refractivity contribution >= 4 is 22.6 Å². The summed E-state index contributed by atoms with van der Waals surface area (Å²) in [5.74, 6) is 0.182. The number of hydrogen-bond acceptors (Lipinski definition) is 4. The topological polar surface area (TPSA) is 64.4 Å². The van der Waals surface area contributed by atoms with Gasteiger partial charge in [-0.25, -0.2) is 0 Å². The van der Waals surface area contributed by atoms with Crippen molar-refractivity contribution in [1.82, 2.24) is 14.7 Å². The molecule has 2 aromatic carbocycles. The summed E-state index contributed by atoms with van der Waals surface area (Å²) in [7, 11) is 1.62. The number of fused-ring (bicyclic) bond motifs is 1. The van der Waals surface area contributed by atoms with Crippen LogP contribution in [0.3, 0.4) is 0 Å². The van der Waals surface area contributed by atoms with E-state index in [1.165, 1.54) is 12.1 Å². The van der Waals surface area contributed by atoms with Crippen LogP contribution in [0, 0.1) is 12.8 Å². The summed E-state index contributed by atoms with van der Waals surface area (Å²) in [5, 5.41) is 5.65. The molecule has 0 N–H and O–H groups in total. The highest BCUT2D eigenvalue weighted by atomic mass is 19.4. The Labute approximate surface area is 208 Å². The van der Waals surface area contributed by atoms with E-state index in [1.807, 2.05) is 29.9 Å². The Balaban J connectivity index is 1.35. The fraction of sp³-hybridized carbons (Fsp3) is 0.444. The number of amides is 1. The standard InChI is InChI=1S/C27H30F3N3O3/c1-18-22(25(34)4-3-15-36-2)9-10-24-23(18)17-33(31-24)16-19-11-13-32(14-12-19)26(35)20-5-7-21(8-6-20)27(28,29)30/h5-10,17,19H,3-4,11-16H2,1-2H3. The summed E-state index contributed by atoms with van der Waals surface area (Å²) in [6.07, 6.45) is 0.257. The summed E-state index contributed by atoms with van der Waals surface area (Å²) in [5.41, 5.74) is 1.99. The van der Waals surface area contributed by atoms with E-state index in [2.05, 4.69) is 5.10 Å². The number of likely N-dealkylation sites (tertiary alicyclic amines) is 1. The minimum atomic E-state index is -4.42. The normalized spacial score (nSPS) is 15.0. The highest BCUT2D eigenvalue weighted by Gasteiger charge is 2.31. The molecule has 1 aromatic heterocycles. The molecule has 1 fully saturated rings.